The molecule has 1 heterocycles. The van der Waals surface area contributed by atoms with Crippen molar-refractivity contribution in [2.24, 2.45) is 5.92 Å². The van der Waals surface area contributed by atoms with Crippen LogP contribution in [0.25, 0.3) is 0 Å². The molecule has 6 nitrogen and oxygen atoms in total. The molecule has 0 radical (unpaired) electrons. The van der Waals surface area contributed by atoms with Gasteiger partial charge in [0.25, 0.3) is 0 Å². The Morgan fingerprint density at radius 2 is 1.81 bits per heavy atom. The Balaban J connectivity index is 2.09. The summed E-state index contributed by atoms with van der Waals surface area (Å²) >= 11 is 0. The number of rotatable bonds is 8. The van der Waals surface area contributed by atoms with E-state index in [0.717, 1.165) is 45.6 Å². The van der Waals surface area contributed by atoms with Crippen LogP contribution >= 0.6 is 0 Å². The Morgan fingerprint density at radius 3 is 2.43 bits per heavy atom. The average Bonchev–Trinajstić information content (AvgIpc) is 2.46. The Bertz CT molecular complexity index is 293. The number of aliphatic hydroxyl groups excluding tert-OH is 1. The lowest BCUT2D eigenvalue weighted by Crippen LogP contribution is -2.47. The van der Waals surface area contributed by atoms with Gasteiger partial charge in [0.05, 0.1) is 6.10 Å². The van der Waals surface area contributed by atoms with Gasteiger partial charge in [0.1, 0.15) is 0 Å². The molecule has 2 unspecified atom stereocenters. The van der Waals surface area contributed by atoms with Crippen molar-refractivity contribution in [3.63, 3.8) is 0 Å². The van der Waals surface area contributed by atoms with E-state index in [4.69, 9.17) is 0 Å². The summed E-state index contributed by atoms with van der Waals surface area (Å²) in [5, 5.41) is 15.2. The van der Waals surface area contributed by atoms with Gasteiger partial charge in [0.2, 0.25) is 0 Å². The van der Waals surface area contributed by atoms with E-state index in [1.54, 1.807) is 0 Å². The van der Waals surface area contributed by atoms with Crippen molar-refractivity contribution in [2.75, 3.05) is 52.9 Å². The largest absolute Gasteiger partial charge is 0.391 e. The summed E-state index contributed by atoms with van der Waals surface area (Å²) in [5.74, 6) is 0.430. The number of carbonyl (C=O) groups excluding carboxylic acids is 1. The fourth-order valence-corrected chi connectivity index (χ4v) is 2.51. The van der Waals surface area contributed by atoms with Crippen LogP contribution in [-0.4, -0.2) is 79.9 Å². The highest BCUT2D eigenvalue weighted by atomic mass is 16.3. The van der Waals surface area contributed by atoms with E-state index in [1.807, 2.05) is 6.92 Å². The third-order valence-electron chi connectivity index (χ3n) is 3.90. The van der Waals surface area contributed by atoms with Gasteiger partial charge in [-0.1, -0.05) is 20.3 Å². The van der Waals surface area contributed by atoms with Crippen LogP contribution in [0.15, 0.2) is 0 Å². The van der Waals surface area contributed by atoms with Gasteiger partial charge < -0.3 is 25.5 Å². The number of amides is 2. The van der Waals surface area contributed by atoms with E-state index in [2.05, 4.69) is 34.4 Å². The van der Waals surface area contributed by atoms with Gasteiger partial charge in [-0.15, -0.1) is 0 Å². The van der Waals surface area contributed by atoms with E-state index < -0.39 is 6.10 Å². The average molecular weight is 300 g/mol. The molecule has 0 aromatic rings. The van der Waals surface area contributed by atoms with Crippen LogP contribution in [0.4, 0.5) is 4.79 Å². The zero-order valence-electron chi connectivity index (χ0n) is 13.8. The first-order valence-electron chi connectivity index (χ1n) is 8.12. The number of aliphatic hydroxyl groups is 1. The predicted octanol–water partition coefficient (Wildman–Crippen LogP) is 0.330. The first-order chi connectivity index (χ1) is 10.0. The topological polar surface area (TPSA) is 67.8 Å². The van der Waals surface area contributed by atoms with Gasteiger partial charge in [-0.3, -0.25) is 0 Å². The number of nitrogens with zero attached hydrogens (tertiary/aromatic N) is 2. The first-order valence-corrected chi connectivity index (χ1v) is 8.12. The molecule has 0 aliphatic carbocycles. The molecular weight excluding hydrogens is 268 g/mol. The minimum Gasteiger partial charge on any atom is -0.391 e. The van der Waals surface area contributed by atoms with Crippen molar-refractivity contribution >= 4 is 6.03 Å². The van der Waals surface area contributed by atoms with Gasteiger partial charge in [0, 0.05) is 45.8 Å². The van der Waals surface area contributed by atoms with Crippen LogP contribution in [0.1, 0.15) is 26.7 Å². The summed E-state index contributed by atoms with van der Waals surface area (Å²) in [6.07, 6.45) is 1.20. The number of likely N-dealkylation sites (N-methyl/N-ethyl adjacent to an activating group) is 1. The third kappa shape index (κ3) is 8.24. The molecule has 21 heavy (non-hydrogen) atoms. The van der Waals surface area contributed by atoms with Gasteiger partial charge in [-0.25, -0.2) is 4.79 Å². The lowest BCUT2D eigenvalue weighted by atomic mass is 10.1. The zero-order chi connectivity index (χ0) is 15.7. The van der Waals surface area contributed by atoms with Crippen molar-refractivity contribution in [1.29, 1.82) is 0 Å². The maximum atomic E-state index is 11.6. The maximum Gasteiger partial charge on any atom is 0.314 e. The van der Waals surface area contributed by atoms with Crippen molar-refractivity contribution in [3.05, 3.63) is 0 Å². The molecule has 2 atom stereocenters. The van der Waals surface area contributed by atoms with E-state index in [9.17, 15) is 9.90 Å². The maximum absolute atomic E-state index is 11.6. The summed E-state index contributed by atoms with van der Waals surface area (Å²) in [6.45, 7) is 10.6. The van der Waals surface area contributed by atoms with Crippen LogP contribution in [0.2, 0.25) is 0 Å². The van der Waals surface area contributed by atoms with Crippen molar-refractivity contribution in [1.82, 2.24) is 20.4 Å². The second-order valence-electron chi connectivity index (χ2n) is 6.24. The van der Waals surface area contributed by atoms with Crippen LogP contribution in [0.5, 0.6) is 0 Å². The normalized spacial score (nSPS) is 20.0. The lowest BCUT2D eigenvalue weighted by Gasteiger charge is -2.33. The lowest BCUT2D eigenvalue weighted by molar-refractivity contribution is 0.138. The molecule has 0 bridgehead atoms. The second-order valence-corrected chi connectivity index (χ2v) is 6.24. The summed E-state index contributed by atoms with van der Waals surface area (Å²) in [5.41, 5.74) is 0. The molecule has 3 N–H and O–H groups in total. The molecule has 0 saturated carbocycles. The van der Waals surface area contributed by atoms with Crippen LogP contribution < -0.4 is 10.6 Å². The van der Waals surface area contributed by atoms with E-state index in [1.165, 1.54) is 0 Å². The molecule has 1 saturated heterocycles. The number of hydrogen-bond acceptors (Lipinski definition) is 4. The SMILES string of the molecule is CCCC(O)CNC(=O)NCC(C)CN1CCN(C)CC1. The minimum absolute atomic E-state index is 0.185. The molecule has 2 amide bonds. The summed E-state index contributed by atoms with van der Waals surface area (Å²) in [6, 6.07) is -0.185. The number of carbonyl (C=O) groups is 1. The Kier molecular flexibility index (Phi) is 8.64. The highest BCUT2D eigenvalue weighted by molar-refractivity contribution is 5.73. The molecule has 124 valence electrons. The van der Waals surface area contributed by atoms with Crippen LogP contribution in [0.3, 0.4) is 0 Å². The summed E-state index contributed by atoms with van der Waals surface area (Å²) in [4.78, 5) is 16.4. The van der Waals surface area contributed by atoms with Crippen LogP contribution in [-0.2, 0) is 0 Å². The molecule has 0 aromatic heterocycles. The third-order valence-corrected chi connectivity index (χ3v) is 3.90. The highest BCUT2D eigenvalue weighted by Crippen LogP contribution is 2.03. The first kappa shape index (κ1) is 18.2. The number of hydrogen-bond donors (Lipinski definition) is 3. The molecule has 0 aromatic carbocycles. The van der Waals surface area contributed by atoms with Crippen molar-refractivity contribution in [2.45, 2.75) is 32.8 Å². The standard InChI is InChI=1S/C15H32N4O2/c1-4-5-14(20)11-17-15(21)16-10-13(2)12-19-8-6-18(3)7-9-19/h13-14,20H,4-12H2,1-3H3,(H2,16,17,21). The van der Waals surface area contributed by atoms with Gasteiger partial charge in [-0.05, 0) is 19.4 Å². The molecular formula is C15H32N4O2. The fourth-order valence-electron chi connectivity index (χ4n) is 2.51. The van der Waals surface area contributed by atoms with E-state index in [0.29, 0.717) is 19.0 Å². The Labute approximate surface area is 128 Å². The predicted molar refractivity (Wildman–Crippen MR) is 85.4 cm³/mol. The quantitative estimate of drug-likeness (QED) is 0.604. The monoisotopic (exact) mass is 300 g/mol. The summed E-state index contributed by atoms with van der Waals surface area (Å²) in [7, 11) is 2.15. The van der Waals surface area contributed by atoms with Crippen molar-refractivity contribution < 1.29 is 9.90 Å². The molecule has 6 heteroatoms. The molecule has 1 fully saturated rings. The second kappa shape index (κ2) is 9.97. The Morgan fingerprint density at radius 1 is 1.19 bits per heavy atom. The fraction of sp³-hybridized carbons (Fsp3) is 0.933. The molecule has 1 aliphatic rings. The van der Waals surface area contributed by atoms with Crippen molar-refractivity contribution in [3.8, 4) is 0 Å². The van der Waals surface area contributed by atoms with E-state index in [-0.39, 0.29) is 6.03 Å². The molecule has 1 aliphatic heterocycles. The number of nitrogens with one attached hydrogen (secondary N) is 2. The summed E-state index contributed by atoms with van der Waals surface area (Å²) < 4.78 is 0. The molecule has 1 rings (SSSR count). The van der Waals surface area contributed by atoms with Gasteiger partial charge in [-0.2, -0.15) is 0 Å². The van der Waals surface area contributed by atoms with Crippen LogP contribution in [0, 0.1) is 5.92 Å². The van der Waals surface area contributed by atoms with Gasteiger partial charge >= 0.3 is 6.03 Å². The number of piperazine rings is 1. The number of urea groups is 1. The molecule has 0 spiro atoms. The smallest absolute Gasteiger partial charge is 0.314 e. The van der Waals surface area contributed by atoms with E-state index >= 15 is 0 Å². The zero-order valence-corrected chi connectivity index (χ0v) is 13.8. The van der Waals surface area contributed by atoms with Gasteiger partial charge in [0.15, 0.2) is 0 Å². The Hall–Kier alpha value is -0.850. The minimum atomic E-state index is -0.441. The highest BCUT2D eigenvalue weighted by Gasteiger charge is 2.16.